The molecule has 84 valence electrons. The third-order valence-electron chi connectivity index (χ3n) is 1.46. The van der Waals surface area contributed by atoms with Crippen LogP contribution in [0.2, 0.25) is 0 Å². The first kappa shape index (κ1) is 13.2. The minimum Gasteiger partial charge on any atom is -0.207 e. The van der Waals surface area contributed by atoms with Crippen molar-refractivity contribution in [1.29, 1.82) is 0 Å². The van der Waals surface area contributed by atoms with Crippen molar-refractivity contribution in [3.8, 4) is 0 Å². The van der Waals surface area contributed by atoms with Crippen molar-refractivity contribution in [3.05, 3.63) is 28.1 Å². The third-order valence-corrected chi connectivity index (χ3v) is 5.18. The molecule has 0 aliphatic carbocycles. The second kappa shape index (κ2) is 6.00. The van der Waals surface area contributed by atoms with E-state index in [9.17, 15) is 8.42 Å². The quantitative estimate of drug-likeness (QED) is 0.666. The van der Waals surface area contributed by atoms with Crippen molar-refractivity contribution in [2.75, 3.05) is 12.4 Å². The van der Waals surface area contributed by atoms with E-state index >= 15 is 0 Å². The molecule has 0 saturated carbocycles. The van der Waals surface area contributed by atoms with Gasteiger partial charge in [0.2, 0.25) is 10.0 Å². The number of hydrogen-bond donors (Lipinski definition) is 1. The molecular weight excluding hydrogens is 322 g/mol. The average Bonchev–Trinajstić information content (AvgIpc) is 2.60. The van der Waals surface area contributed by atoms with Gasteiger partial charge >= 0.3 is 0 Å². The van der Waals surface area contributed by atoms with Crippen molar-refractivity contribution < 1.29 is 8.42 Å². The molecule has 1 heterocycles. The van der Waals surface area contributed by atoms with Crippen LogP contribution >= 0.6 is 38.9 Å². The van der Waals surface area contributed by atoms with Crippen molar-refractivity contribution in [2.24, 2.45) is 0 Å². The van der Waals surface area contributed by atoms with Gasteiger partial charge in [0.05, 0.1) is 3.79 Å². The van der Waals surface area contributed by atoms with E-state index in [1.807, 2.05) is 0 Å². The van der Waals surface area contributed by atoms with Crippen molar-refractivity contribution in [3.63, 3.8) is 0 Å². The number of alkyl halides is 1. The molecule has 0 fully saturated rings. The third kappa shape index (κ3) is 4.24. The van der Waals surface area contributed by atoms with Crippen LogP contribution in [0.5, 0.6) is 0 Å². The lowest BCUT2D eigenvalue weighted by atomic mass is 10.5. The van der Waals surface area contributed by atoms with Gasteiger partial charge in [-0.15, -0.1) is 22.9 Å². The smallest absolute Gasteiger partial charge is 0.207 e. The van der Waals surface area contributed by atoms with E-state index in [1.54, 1.807) is 24.3 Å². The summed E-state index contributed by atoms with van der Waals surface area (Å²) in [5, 5.41) is 0. The Bertz CT molecular complexity index is 441. The van der Waals surface area contributed by atoms with Crippen molar-refractivity contribution in [1.82, 2.24) is 4.72 Å². The summed E-state index contributed by atoms with van der Waals surface area (Å²) in [6, 6.07) is 3.26. The summed E-state index contributed by atoms with van der Waals surface area (Å²) < 4.78 is 26.8. The SMILES string of the molecule is O=S(=O)(NC/C=C/CCl)c1ccc(Br)s1. The molecule has 1 aromatic rings. The average molecular weight is 331 g/mol. The maximum Gasteiger partial charge on any atom is 0.250 e. The molecule has 1 N–H and O–H groups in total. The molecule has 0 unspecified atom stereocenters. The summed E-state index contributed by atoms with van der Waals surface area (Å²) in [6.07, 6.45) is 3.36. The van der Waals surface area contributed by atoms with Gasteiger partial charge in [0.15, 0.2) is 0 Å². The number of sulfonamides is 1. The highest BCUT2D eigenvalue weighted by molar-refractivity contribution is 9.11. The molecule has 0 aliphatic heterocycles. The van der Waals surface area contributed by atoms with Gasteiger partial charge in [-0.2, -0.15) is 0 Å². The Morgan fingerprint density at radius 3 is 2.73 bits per heavy atom. The molecule has 0 aromatic carbocycles. The van der Waals surface area contributed by atoms with Gasteiger partial charge in [-0.3, -0.25) is 0 Å². The first-order valence-electron chi connectivity index (χ1n) is 4.02. The van der Waals surface area contributed by atoms with E-state index in [2.05, 4.69) is 20.7 Å². The maximum atomic E-state index is 11.6. The largest absolute Gasteiger partial charge is 0.250 e. The Hall–Kier alpha value is 0.120. The van der Waals surface area contributed by atoms with E-state index < -0.39 is 10.0 Å². The molecule has 7 heteroatoms. The number of hydrogen-bond acceptors (Lipinski definition) is 3. The topological polar surface area (TPSA) is 46.2 Å². The second-order valence-electron chi connectivity index (χ2n) is 2.54. The highest BCUT2D eigenvalue weighted by Crippen LogP contribution is 2.25. The molecule has 0 aliphatic rings. The van der Waals surface area contributed by atoms with E-state index in [-0.39, 0.29) is 6.54 Å². The summed E-state index contributed by atoms with van der Waals surface area (Å²) >= 11 is 9.79. The Morgan fingerprint density at radius 1 is 1.47 bits per heavy atom. The lowest BCUT2D eigenvalue weighted by Gasteiger charge is -2.00. The molecule has 0 saturated heterocycles. The zero-order chi connectivity index (χ0) is 11.3. The number of nitrogens with one attached hydrogen (secondary N) is 1. The fourth-order valence-electron chi connectivity index (χ4n) is 0.817. The molecular formula is C8H9BrClNO2S2. The zero-order valence-corrected chi connectivity index (χ0v) is 11.6. The first-order chi connectivity index (χ1) is 7.06. The predicted octanol–water partition coefficient (Wildman–Crippen LogP) is 2.58. The van der Waals surface area contributed by atoms with Crippen LogP contribution in [0, 0.1) is 0 Å². The monoisotopic (exact) mass is 329 g/mol. The predicted molar refractivity (Wildman–Crippen MR) is 67.1 cm³/mol. The van der Waals surface area contributed by atoms with E-state index in [0.29, 0.717) is 10.1 Å². The molecule has 0 atom stereocenters. The summed E-state index contributed by atoms with van der Waals surface area (Å²) in [5.41, 5.74) is 0. The molecule has 3 nitrogen and oxygen atoms in total. The normalized spacial score (nSPS) is 12.4. The van der Waals surface area contributed by atoms with Gasteiger partial charge in [0, 0.05) is 12.4 Å². The van der Waals surface area contributed by atoms with Gasteiger partial charge in [-0.25, -0.2) is 13.1 Å². The minimum absolute atomic E-state index is 0.255. The molecule has 1 rings (SSSR count). The highest BCUT2D eigenvalue weighted by atomic mass is 79.9. The van der Waals surface area contributed by atoms with Crippen LogP contribution in [-0.2, 0) is 10.0 Å². The van der Waals surface area contributed by atoms with Crippen LogP contribution in [-0.4, -0.2) is 20.8 Å². The van der Waals surface area contributed by atoms with Gasteiger partial charge in [0.1, 0.15) is 4.21 Å². The second-order valence-corrected chi connectivity index (χ2v) is 7.30. The Kier molecular flexibility index (Phi) is 5.28. The van der Waals surface area contributed by atoms with Crippen molar-refractivity contribution >= 4 is 48.9 Å². The molecule has 0 amide bonds. The standard InChI is InChI=1S/C8H9BrClNO2S2/c9-7-3-4-8(14-7)15(12,13)11-6-2-1-5-10/h1-4,11H,5-6H2/b2-1+. The lowest BCUT2D eigenvalue weighted by molar-refractivity contribution is 0.587. The molecule has 15 heavy (non-hydrogen) atoms. The van der Waals surface area contributed by atoms with Gasteiger partial charge in [-0.05, 0) is 28.1 Å². The van der Waals surface area contributed by atoms with Crippen LogP contribution in [0.15, 0.2) is 32.3 Å². The Morgan fingerprint density at radius 2 is 2.20 bits per heavy atom. The first-order valence-corrected chi connectivity index (χ1v) is 7.65. The fourth-order valence-corrected chi connectivity index (χ4v) is 3.97. The van der Waals surface area contributed by atoms with Gasteiger partial charge in [-0.1, -0.05) is 12.2 Å². The molecule has 1 aromatic heterocycles. The van der Waals surface area contributed by atoms with E-state index in [0.717, 1.165) is 3.79 Å². The van der Waals surface area contributed by atoms with Crippen LogP contribution < -0.4 is 4.72 Å². The van der Waals surface area contributed by atoms with Crippen LogP contribution in [0.25, 0.3) is 0 Å². The number of thiophene rings is 1. The fraction of sp³-hybridized carbons (Fsp3) is 0.250. The van der Waals surface area contributed by atoms with Gasteiger partial charge in [0.25, 0.3) is 0 Å². The van der Waals surface area contributed by atoms with Crippen LogP contribution in [0.3, 0.4) is 0 Å². The molecule has 0 bridgehead atoms. The molecule has 0 radical (unpaired) electrons. The number of allylic oxidation sites excluding steroid dienone is 1. The van der Waals surface area contributed by atoms with E-state index in [4.69, 9.17) is 11.6 Å². The highest BCUT2D eigenvalue weighted by Gasteiger charge is 2.14. The maximum absolute atomic E-state index is 11.6. The number of halogens is 2. The number of rotatable bonds is 5. The van der Waals surface area contributed by atoms with Crippen LogP contribution in [0.4, 0.5) is 0 Å². The van der Waals surface area contributed by atoms with Gasteiger partial charge < -0.3 is 0 Å². The Balaban J connectivity index is 2.64. The minimum atomic E-state index is -3.38. The summed E-state index contributed by atoms with van der Waals surface area (Å²) in [4.78, 5) is 0. The van der Waals surface area contributed by atoms with Crippen molar-refractivity contribution in [2.45, 2.75) is 4.21 Å². The molecule has 0 spiro atoms. The Labute approximate surface area is 106 Å². The summed E-state index contributed by atoms with van der Waals surface area (Å²) in [7, 11) is -3.38. The summed E-state index contributed by atoms with van der Waals surface area (Å²) in [5.74, 6) is 0.381. The van der Waals surface area contributed by atoms with E-state index in [1.165, 1.54) is 11.3 Å². The zero-order valence-electron chi connectivity index (χ0n) is 7.61. The van der Waals surface area contributed by atoms with Crippen LogP contribution in [0.1, 0.15) is 0 Å². The lowest BCUT2D eigenvalue weighted by Crippen LogP contribution is -2.22. The summed E-state index contributed by atoms with van der Waals surface area (Å²) in [6.45, 7) is 0.255.